The fourth-order valence-electron chi connectivity index (χ4n) is 1.89. The molecular weight excluding hydrogens is 253 g/mol. The summed E-state index contributed by atoms with van der Waals surface area (Å²) in [6, 6.07) is 18.1. The molecule has 2 aromatic carbocycles. The molecule has 0 spiro atoms. The van der Waals surface area contributed by atoms with Crippen LogP contribution in [0.3, 0.4) is 0 Å². The van der Waals surface area contributed by atoms with E-state index in [4.69, 9.17) is 17.3 Å². The lowest BCUT2D eigenvalue weighted by Crippen LogP contribution is -2.14. The van der Waals surface area contributed by atoms with E-state index in [1.54, 1.807) is 0 Å². The van der Waals surface area contributed by atoms with Crippen molar-refractivity contribution in [1.29, 1.82) is 0 Å². The van der Waals surface area contributed by atoms with Crippen LogP contribution in [0.4, 0.5) is 0 Å². The Bertz CT molecular complexity index is 457. The highest BCUT2D eigenvalue weighted by atomic mass is 35.5. The normalized spacial score (nSPS) is 11.6. The first-order valence-electron chi connectivity index (χ1n) is 5.32. The van der Waals surface area contributed by atoms with Crippen LogP contribution in [0.25, 0.3) is 0 Å². The van der Waals surface area contributed by atoms with Crippen LogP contribution in [0.1, 0.15) is 17.0 Å². The van der Waals surface area contributed by atoms with E-state index >= 15 is 0 Å². The first-order chi connectivity index (χ1) is 7.83. The van der Waals surface area contributed by atoms with Gasteiger partial charge < -0.3 is 5.73 Å². The average molecular weight is 268 g/mol. The molecule has 1 atom stereocenters. The molecule has 0 aromatic heterocycles. The molecule has 1 unspecified atom stereocenters. The molecule has 0 aliphatic heterocycles. The summed E-state index contributed by atoms with van der Waals surface area (Å²) in [6.45, 7) is 0.563. The van der Waals surface area contributed by atoms with Crippen LogP contribution in [0.5, 0.6) is 0 Å². The zero-order valence-corrected chi connectivity index (χ0v) is 10.9. The van der Waals surface area contributed by atoms with E-state index in [2.05, 4.69) is 12.1 Å². The molecule has 2 rings (SSSR count). The number of hydrogen-bond acceptors (Lipinski definition) is 1. The molecule has 2 N–H and O–H groups in total. The Kier molecular flexibility index (Phi) is 5.49. The van der Waals surface area contributed by atoms with E-state index in [0.717, 1.165) is 10.6 Å². The van der Waals surface area contributed by atoms with Gasteiger partial charge in [-0.1, -0.05) is 60.1 Å². The van der Waals surface area contributed by atoms with Crippen molar-refractivity contribution in [3.05, 3.63) is 70.7 Å². The van der Waals surface area contributed by atoms with E-state index < -0.39 is 0 Å². The van der Waals surface area contributed by atoms with Gasteiger partial charge in [0.15, 0.2) is 0 Å². The molecule has 0 radical (unpaired) electrons. The van der Waals surface area contributed by atoms with Crippen molar-refractivity contribution >= 4 is 24.0 Å². The molecule has 1 nitrogen and oxygen atoms in total. The SMILES string of the molecule is Cl.NCC(c1ccccc1)c1ccccc1Cl. The Morgan fingerprint density at radius 2 is 1.53 bits per heavy atom. The average Bonchev–Trinajstić information content (AvgIpc) is 2.34. The van der Waals surface area contributed by atoms with Crippen LogP contribution >= 0.6 is 24.0 Å². The molecule has 17 heavy (non-hydrogen) atoms. The summed E-state index contributed by atoms with van der Waals surface area (Å²) in [5, 5.41) is 0.779. The van der Waals surface area contributed by atoms with Gasteiger partial charge >= 0.3 is 0 Å². The molecule has 2 aromatic rings. The number of rotatable bonds is 3. The van der Waals surface area contributed by atoms with Gasteiger partial charge in [-0.05, 0) is 17.2 Å². The minimum Gasteiger partial charge on any atom is -0.330 e. The van der Waals surface area contributed by atoms with Gasteiger partial charge in [-0.15, -0.1) is 12.4 Å². The molecule has 0 fully saturated rings. The largest absolute Gasteiger partial charge is 0.330 e. The van der Waals surface area contributed by atoms with Gasteiger partial charge in [0.2, 0.25) is 0 Å². The standard InChI is InChI=1S/C14H14ClN.ClH/c15-14-9-5-4-8-12(14)13(10-16)11-6-2-1-3-7-11;/h1-9,13H,10,16H2;1H. The minimum atomic E-state index is 0. The maximum atomic E-state index is 6.19. The maximum absolute atomic E-state index is 6.19. The van der Waals surface area contributed by atoms with E-state index in [9.17, 15) is 0 Å². The highest BCUT2D eigenvalue weighted by Crippen LogP contribution is 2.28. The Labute approximate surface area is 113 Å². The topological polar surface area (TPSA) is 26.0 Å². The predicted molar refractivity (Wildman–Crippen MR) is 76.0 cm³/mol. The number of halogens is 2. The van der Waals surface area contributed by atoms with Crippen LogP contribution in [0, 0.1) is 0 Å². The quantitative estimate of drug-likeness (QED) is 0.898. The van der Waals surface area contributed by atoms with Crippen molar-refractivity contribution in [2.75, 3.05) is 6.54 Å². The lowest BCUT2D eigenvalue weighted by Gasteiger charge is -2.16. The maximum Gasteiger partial charge on any atom is 0.0444 e. The fraction of sp³-hybridized carbons (Fsp3) is 0.143. The van der Waals surface area contributed by atoms with Gasteiger partial charge in [-0.3, -0.25) is 0 Å². The summed E-state index contributed by atoms with van der Waals surface area (Å²) in [5.41, 5.74) is 8.15. The third-order valence-corrected chi connectivity index (χ3v) is 3.06. The zero-order chi connectivity index (χ0) is 11.4. The molecule has 0 aliphatic carbocycles. The van der Waals surface area contributed by atoms with Gasteiger partial charge in [-0.2, -0.15) is 0 Å². The van der Waals surface area contributed by atoms with Gasteiger partial charge in [-0.25, -0.2) is 0 Å². The summed E-state index contributed by atoms with van der Waals surface area (Å²) in [7, 11) is 0. The monoisotopic (exact) mass is 267 g/mol. The third kappa shape index (κ3) is 3.22. The van der Waals surface area contributed by atoms with E-state index in [1.165, 1.54) is 5.56 Å². The van der Waals surface area contributed by atoms with Gasteiger partial charge in [0, 0.05) is 17.5 Å². The van der Waals surface area contributed by atoms with Crippen molar-refractivity contribution in [3.63, 3.8) is 0 Å². The van der Waals surface area contributed by atoms with Crippen molar-refractivity contribution < 1.29 is 0 Å². The molecule has 0 amide bonds. The number of nitrogens with two attached hydrogens (primary N) is 1. The number of benzene rings is 2. The van der Waals surface area contributed by atoms with Crippen LogP contribution in [0.15, 0.2) is 54.6 Å². The molecule has 0 heterocycles. The first-order valence-corrected chi connectivity index (χ1v) is 5.70. The van der Waals surface area contributed by atoms with E-state index in [0.29, 0.717) is 6.54 Å². The second-order valence-electron chi connectivity index (χ2n) is 3.72. The Balaban J connectivity index is 0.00000144. The smallest absolute Gasteiger partial charge is 0.0444 e. The highest BCUT2D eigenvalue weighted by molar-refractivity contribution is 6.31. The second kappa shape index (κ2) is 6.65. The van der Waals surface area contributed by atoms with E-state index in [1.807, 2.05) is 42.5 Å². The molecule has 0 saturated carbocycles. The number of hydrogen-bond donors (Lipinski definition) is 1. The highest BCUT2D eigenvalue weighted by Gasteiger charge is 2.14. The van der Waals surface area contributed by atoms with Crippen molar-refractivity contribution in [2.24, 2.45) is 5.73 Å². The summed E-state index contributed by atoms with van der Waals surface area (Å²) >= 11 is 6.19. The van der Waals surface area contributed by atoms with Gasteiger partial charge in [0.25, 0.3) is 0 Å². The van der Waals surface area contributed by atoms with Crippen molar-refractivity contribution in [1.82, 2.24) is 0 Å². The summed E-state index contributed by atoms with van der Waals surface area (Å²) in [4.78, 5) is 0. The summed E-state index contributed by atoms with van der Waals surface area (Å²) < 4.78 is 0. The van der Waals surface area contributed by atoms with Crippen LogP contribution in [0.2, 0.25) is 5.02 Å². The third-order valence-electron chi connectivity index (χ3n) is 2.72. The summed E-state index contributed by atoms with van der Waals surface area (Å²) in [6.07, 6.45) is 0. The van der Waals surface area contributed by atoms with E-state index in [-0.39, 0.29) is 18.3 Å². The lowest BCUT2D eigenvalue weighted by atomic mass is 9.91. The fourth-order valence-corrected chi connectivity index (χ4v) is 2.15. The Morgan fingerprint density at radius 3 is 2.12 bits per heavy atom. The van der Waals surface area contributed by atoms with Gasteiger partial charge in [0.1, 0.15) is 0 Å². The molecular formula is C14H15Cl2N. The van der Waals surface area contributed by atoms with Crippen LogP contribution < -0.4 is 5.73 Å². The molecule has 0 bridgehead atoms. The van der Waals surface area contributed by atoms with Crippen molar-refractivity contribution in [3.8, 4) is 0 Å². The summed E-state index contributed by atoms with van der Waals surface area (Å²) in [5.74, 6) is 0.176. The van der Waals surface area contributed by atoms with Crippen molar-refractivity contribution in [2.45, 2.75) is 5.92 Å². The minimum absolute atomic E-state index is 0. The zero-order valence-electron chi connectivity index (χ0n) is 9.34. The Hall–Kier alpha value is -1.02. The van der Waals surface area contributed by atoms with Crippen LogP contribution in [-0.4, -0.2) is 6.54 Å². The lowest BCUT2D eigenvalue weighted by molar-refractivity contribution is 0.819. The molecule has 0 aliphatic rings. The van der Waals surface area contributed by atoms with Crippen LogP contribution in [-0.2, 0) is 0 Å². The Morgan fingerprint density at radius 1 is 0.941 bits per heavy atom. The molecule has 3 heteroatoms. The van der Waals surface area contributed by atoms with Gasteiger partial charge in [0.05, 0.1) is 0 Å². The molecule has 0 saturated heterocycles. The first kappa shape index (κ1) is 14.0. The predicted octanol–water partition coefficient (Wildman–Crippen LogP) is 3.85. The molecule has 90 valence electrons. The second-order valence-corrected chi connectivity index (χ2v) is 4.13.